The van der Waals surface area contributed by atoms with E-state index in [2.05, 4.69) is 0 Å². The van der Waals surface area contributed by atoms with Gasteiger partial charge in [0.15, 0.2) is 0 Å². The molecule has 1 aliphatic heterocycles. The first kappa shape index (κ1) is 20.0. The molecule has 4 rings (SSSR count). The van der Waals surface area contributed by atoms with Crippen LogP contribution in [-0.4, -0.2) is 31.5 Å². The van der Waals surface area contributed by atoms with Gasteiger partial charge in [-0.2, -0.15) is 0 Å². The predicted octanol–water partition coefficient (Wildman–Crippen LogP) is 2.66. The molecule has 1 aliphatic rings. The van der Waals surface area contributed by atoms with E-state index in [-0.39, 0.29) is 18.7 Å². The first-order chi connectivity index (χ1) is 14.5. The van der Waals surface area contributed by atoms with Gasteiger partial charge in [0.25, 0.3) is 11.2 Å². The van der Waals surface area contributed by atoms with E-state index >= 15 is 0 Å². The largest absolute Gasteiger partial charge is 0.493 e. The molecule has 0 amide bonds. The van der Waals surface area contributed by atoms with Crippen LogP contribution in [0.25, 0.3) is 0 Å². The molecule has 2 heterocycles. The van der Waals surface area contributed by atoms with Crippen molar-refractivity contribution in [3.63, 3.8) is 0 Å². The van der Waals surface area contributed by atoms with Crippen LogP contribution in [-0.2, 0) is 10.8 Å². The van der Waals surface area contributed by atoms with Gasteiger partial charge >= 0.3 is 0 Å². The van der Waals surface area contributed by atoms with Crippen molar-refractivity contribution in [2.75, 3.05) is 6.61 Å². The predicted molar refractivity (Wildman–Crippen MR) is 109 cm³/mol. The quantitative estimate of drug-likeness (QED) is 0.507. The van der Waals surface area contributed by atoms with Gasteiger partial charge in [-0.25, -0.2) is 4.21 Å². The minimum Gasteiger partial charge on any atom is -0.493 e. The number of pyridine rings is 1. The van der Waals surface area contributed by atoms with E-state index in [1.54, 1.807) is 42.5 Å². The highest BCUT2D eigenvalue weighted by Gasteiger charge is 2.31. The molecule has 154 valence electrons. The first-order valence-corrected chi connectivity index (χ1v) is 10.4. The number of fused-ring (bicyclic) bond motifs is 1. The lowest BCUT2D eigenvalue weighted by Gasteiger charge is -2.24. The van der Waals surface area contributed by atoms with Crippen molar-refractivity contribution in [3.05, 3.63) is 92.9 Å². The fraction of sp³-hybridized carbons (Fsp3) is 0.190. The molecule has 0 spiro atoms. The van der Waals surface area contributed by atoms with Crippen molar-refractivity contribution in [2.45, 2.75) is 28.4 Å². The summed E-state index contributed by atoms with van der Waals surface area (Å²) >= 11 is 0. The maximum atomic E-state index is 13.0. The van der Waals surface area contributed by atoms with Gasteiger partial charge in [0.1, 0.15) is 5.75 Å². The maximum Gasteiger partial charge on any atom is 0.285 e. The molecule has 3 atom stereocenters. The summed E-state index contributed by atoms with van der Waals surface area (Å²) in [5.74, 6) is 0.434. The molecule has 0 saturated heterocycles. The minimum absolute atomic E-state index is 0.218. The van der Waals surface area contributed by atoms with Gasteiger partial charge in [0.2, 0.25) is 0 Å². The number of hydrogen-bond acceptors (Lipinski definition) is 6. The summed E-state index contributed by atoms with van der Waals surface area (Å²) < 4.78 is 19.9. The van der Waals surface area contributed by atoms with Crippen molar-refractivity contribution in [1.82, 2.24) is 4.57 Å². The Kier molecular flexibility index (Phi) is 5.47. The summed E-state index contributed by atoms with van der Waals surface area (Å²) in [6, 6.07) is 15.2. The Morgan fingerprint density at radius 2 is 1.87 bits per heavy atom. The molecule has 0 aliphatic carbocycles. The Labute approximate surface area is 174 Å². The first-order valence-electron chi connectivity index (χ1n) is 9.24. The van der Waals surface area contributed by atoms with Crippen molar-refractivity contribution in [1.29, 1.82) is 0 Å². The van der Waals surface area contributed by atoms with Gasteiger partial charge in [0.05, 0.1) is 40.7 Å². The van der Waals surface area contributed by atoms with Gasteiger partial charge in [-0.05, 0) is 30.3 Å². The molecule has 2 aromatic carbocycles. The van der Waals surface area contributed by atoms with Crippen molar-refractivity contribution in [2.24, 2.45) is 0 Å². The third kappa shape index (κ3) is 3.77. The summed E-state index contributed by atoms with van der Waals surface area (Å²) in [4.78, 5) is 24.2. The number of aromatic nitrogens is 1. The van der Waals surface area contributed by atoms with Gasteiger partial charge in [-0.3, -0.25) is 19.5 Å². The molecule has 3 unspecified atom stereocenters. The summed E-state index contributed by atoms with van der Waals surface area (Å²) in [6.07, 6.45) is 0.323. The van der Waals surface area contributed by atoms with Gasteiger partial charge in [-0.1, -0.05) is 18.2 Å². The Morgan fingerprint density at radius 3 is 2.60 bits per heavy atom. The molecule has 30 heavy (non-hydrogen) atoms. The molecule has 0 fully saturated rings. The fourth-order valence-corrected chi connectivity index (χ4v) is 4.59. The smallest absolute Gasteiger partial charge is 0.285 e. The highest BCUT2D eigenvalue weighted by molar-refractivity contribution is 7.85. The molecular formula is C21H18N2O6S. The zero-order chi connectivity index (χ0) is 21.3. The van der Waals surface area contributed by atoms with Crippen LogP contribution in [0.1, 0.15) is 18.0 Å². The van der Waals surface area contributed by atoms with Crippen LogP contribution < -0.4 is 10.3 Å². The second-order valence-electron chi connectivity index (χ2n) is 6.82. The lowest BCUT2D eigenvalue weighted by Crippen LogP contribution is -2.32. The molecular weight excluding hydrogens is 408 g/mol. The number of benzene rings is 2. The number of aliphatic hydroxyl groups is 1. The second-order valence-corrected chi connectivity index (χ2v) is 8.30. The van der Waals surface area contributed by atoms with E-state index in [1.807, 2.05) is 6.07 Å². The van der Waals surface area contributed by atoms with Crippen LogP contribution in [0.2, 0.25) is 0 Å². The molecule has 0 radical (unpaired) electrons. The van der Waals surface area contributed by atoms with Crippen molar-refractivity contribution >= 4 is 16.5 Å². The second kappa shape index (κ2) is 8.21. The molecule has 0 bridgehead atoms. The maximum absolute atomic E-state index is 13.0. The van der Waals surface area contributed by atoms with E-state index < -0.39 is 33.4 Å². The Bertz CT molecular complexity index is 1180. The lowest BCUT2D eigenvalue weighted by atomic mass is 9.99. The van der Waals surface area contributed by atoms with E-state index in [1.165, 1.54) is 0 Å². The van der Waals surface area contributed by atoms with Crippen LogP contribution in [0.4, 0.5) is 5.69 Å². The molecule has 3 aromatic rings. The third-order valence-corrected chi connectivity index (χ3v) is 6.32. The van der Waals surface area contributed by atoms with E-state index in [9.17, 15) is 24.2 Å². The van der Waals surface area contributed by atoms with E-state index in [0.717, 1.165) is 22.9 Å². The Balaban J connectivity index is 1.86. The molecule has 9 heteroatoms. The number of ether oxygens (including phenoxy) is 1. The van der Waals surface area contributed by atoms with Gasteiger partial charge < -0.3 is 9.84 Å². The van der Waals surface area contributed by atoms with Crippen LogP contribution in [0, 0.1) is 10.1 Å². The highest BCUT2D eigenvalue weighted by atomic mass is 32.2. The highest BCUT2D eigenvalue weighted by Crippen LogP contribution is 2.36. The zero-order valence-electron chi connectivity index (χ0n) is 15.7. The summed E-state index contributed by atoms with van der Waals surface area (Å²) in [6.45, 7) is 0.218. The van der Waals surface area contributed by atoms with Crippen LogP contribution in [0.5, 0.6) is 5.75 Å². The van der Waals surface area contributed by atoms with Crippen molar-refractivity contribution < 1.29 is 19.0 Å². The standard InChI is InChI=1S/C21H18N2O6S/c24-18-10-11-29-19-8-7-16(30(28)15-4-2-1-3-5-15)12-17(19)21(18)22-13-14(23(26)27)6-9-20(22)25/h1-9,12-13,18,21,24H,10-11H2. The number of hydrogen-bond donors (Lipinski definition) is 1. The van der Waals surface area contributed by atoms with Crippen LogP contribution in [0.15, 0.2) is 81.4 Å². The minimum atomic E-state index is -1.48. The Morgan fingerprint density at radius 1 is 1.10 bits per heavy atom. The molecule has 1 aromatic heterocycles. The zero-order valence-corrected chi connectivity index (χ0v) is 16.5. The average molecular weight is 426 g/mol. The van der Waals surface area contributed by atoms with Crippen LogP contribution >= 0.6 is 0 Å². The van der Waals surface area contributed by atoms with Gasteiger partial charge in [-0.15, -0.1) is 0 Å². The summed E-state index contributed by atoms with van der Waals surface area (Å²) in [5, 5.41) is 22.0. The van der Waals surface area contributed by atoms with Crippen LogP contribution in [0.3, 0.4) is 0 Å². The summed E-state index contributed by atoms with van der Waals surface area (Å²) in [7, 11) is -1.48. The lowest BCUT2D eigenvalue weighted by molar-refractivity contribution is -0.385. The molecule has 8 nitrogen and oxygen atoms in total. The SMILES string of the molecule is O=c1ccc([N+](=O)[O-])cn1C1c2cc(S(=O)c3ccccc3)ccc2OCCC1O. The molecule has 1 N–H and O–H groups in total. The number of rotatable bonds is 4. The number of nitro groups is 1. The van der Waals surface area contributed by atoms with Crippen molar-refractivity contribution in [3.8, 4) is 5.75 Å². The van der Waals surface area contributed by atoms with E-state index in [4.69, 9.17) is 4.74 Å². The van der Waals surface area contributed by atoms with E-state index in [0.29, 0.717) is 21.1 Å². The average Bonchev–Trinajstić information content (AvgIpc) is 2.91. The molecule has 0 saturated carbocycles. The third-order valence-electron chi connectivity index (χ3n) is 4.94. The Hall–Kier alpha value is -3.30. The monoisotopic (exact) mass is 426 g/mol. The van der Waals surface area contributed by atoms with Gasteiger partial charge in [0, 0.05) is 33.9 Å². The topological polar surface area (TPSA) is 112 Å². The fourth-order valence-electron chi connectivity index (χ4n) is 3.49. The number of nitrogens with zero attached hydrogens (tertiary/aromatic N) is 2. The number of aliphatic hydroxyl groups excluding tert-OH is 1. The summed E-state index contributed by atoms with van der Waals surface area (Å²) in [5.41, 5.74) is -0.311. The normalized spacial score (nSPS) is 19.2.